The standard InChI is InChI=1S/C16H27NO/c1-11(2)16-8-7-15(9-12(16)3)18-14(5)10-13(4)17-6/h7-9,11,13-14,17H,10H2,1-6H3. The van der Waals surface area contributed by atoms with Crippen LogP contribution in [-0.4, -0.2) is 19.2 Å². The molecule has 0 aliphatic heterocycles. The lowest BCUT2D eigenvalue weighted by molar-refractivity contribution is 0.197. The molecule has 1 aromatic rings. The Morgan fingerprint density at radius 3 is 2.33 bits per heavy atom. The molecule has 0 heterocycles. The molecule has 18 heavy (non-hydrogen) atoms. The first-order valence-corrected chi connectivity index (χ1v) is 6.88. The van der Waals surface area contributed by atoms with Crippen LogP contribution in [0.5, 0.6) is 5.75 Å². The summed E-state index contributed by atoms with van der Waals surface area (Å²) in [5.41, 5.74) is 2.72. The summed E-state index contributed by atoms with van der Waals surface area (Å²) in [6, 6.07) is 6.90. The summed E-state index contributed by atoms with van der Waals surface area (Å²) in [5.74, 6) is 1.55. The first-order valence-electron chi connectivity index (χ1n) is 6.88. The minimum absolute atomic E-state index is 0.233. The van der Waals surface area contributed by atoms with E-state index in [0.29, 0.717) is 12.0 Å². The highest BCUT2D eigenvalue weighted by Crippen LogP contribution is 2.24. The van der Waals surface area contributed by atoms with Crippen molar-refractivity contribution >= 4 is 0 Å². The SMILES string of the molecule is CNC(C)CC(C)Oc1ccc(C(C)C)c(C)c1. The van der Waals surface area contributed by atoms with Crippen LogP contribution in [0.2, 0.25) is 0 Å². The van der Waals surface area contributed by atoms with Crippen LogP contribution in [0.4, 0.5) is 0 Å². The summed E-state index contributed by atoms with van der Waals surface area (Å²) >= 11 is 0. The zero-order valence-corrected chi connectivity index (χ0v) is 12.6. The quantitative estimate of drug-likeness (QED) is 0.826. The molecule has 2 atom stereocenters. The monoisotopic (exact) mass is 249 g/mol. The maximum Gasteiger partial charge on any atom is 0.119 e. The summed E-state index contributed by atoms with van der Waals surface area (Å²) in [4.78, 5) is 0. The van der Waals surface area contributed by atoms with E-state index >= 15 is 0 Å². The summed E-state index contributed by atoms with van der Waals surface area (Å²) in [5, 5.41) is 3.24. The Morgan fingerprint density at radius 2 is 1.83 bits per heavy atom. The molecular weight excluding hydrogens is 222 g/mol. The molecule has 0 fully saturated rings. The summed E-state index contributed by atoms with van der Waals surface area (Å²) in [6.45, 7) is 10.9. The van der Waals surface area contributed by atoms with Gasteiger partial charge >= 0.3 is 0 Å². The van der Waals surface area contributed by atoms with E-state index in [4.69, 9.17) is 4.74 Å². The van der Waals surface area contributed by atoms with Crippen molar-refractivity contribution in [1.29, 1.82) is 0 Å². The molecule has 0 bridgehead atoms. The first-order chi connectivity index (χ1) is 8.43. The second-order valence-electron chi connectivity index (χ2n) is 5.53. The Labute approximate surface area is 112 Å². The van der Waals surface area contributed by atoms with Gasteiger partial charge in [-0.3, -0.25) is 0 Å². The summed E-state index contributed by atoms with van der Waals surface area (Å²) in [6.07, 6.45) is 1.25. The van der Waals surface area contributed by atoms with E-state index in [0.717, 1.165) is 12.2 Å². The fourth-order valence-corrected chi connectivity index (χ4v) is 2.27. The molecule has 1 aromatic carbocycles. The van der Waals surface area contributed by atoms with Crippen LogP contribution < -0.4 is 10.1 Å². The van der Waals surface area contributed by atoms with Gasteiger partial charge < -0.3 is 10.1 Å². The summed E-state index contributed by atoms with van der Waals surface area (Å²) in [7, 11) is 1.99. The van der Waals surface area contributed by atoms with E-state index in [-0.39, 0.29) is 6.10 Å². The molecule has 0 amide bonds. The maximum atomic E-state index is 5.96. The van der Waals surface area contributed by atoms with Gasteiger partial charge in [0.25, 0.3) is 0 Å². The van der Waals surface area contributed by atoms with Crippen LogP contribution in [0.15, 0.2) is 18.2 Å². The molecule has 1 N–H and O–H groups in total. The smallest absolute Gasteiger partial charge is 0.119 e. The normalized spacial score (nSPS) is 14.6. The Balaban J connectivity index is 2.65. The highest BCUT2D eigenvalue weighted by molar-refractivity contribution is 5.36. The van der Waals surface area contributed by atoms with Crippen LogP contribution in [0.1, 0.15) is 51.2 Å². The van der Waals surface area contributed by atoms with Crippen LogP contribution >= 0.6 is 0 Å². The van der Waals surface area contributed by atoms with E-state index in [1.807, 2.05) is 7.05 Å². The van der Waals surface area contributed by atoms with Crippen molar-refractivity contribution in [3.05, 3.63) is 29.3 Å². The molecule has 102 valence electrons. The van der Waals surface area contributed by atoms with Gasteiger partial charge in [0, 0.05) is 6.04 Å². The van der Waals surface area contributed by atoms with Gasteiger partial charge in [0.2, 0.25) is 0 Å². The number of nitrogens with one attached hydrogen (secondary N) is 1. The van der Waals surface area contributed by atoms with Crippen LogP contribution in [0.3, 0.4) is 0 Å². The fraction of sp³-hybridized carbons (Fsp3) is 0.625. The van der Waals surface area contributed by atoms with E-state index < -0.39 is 0 Å². The van der Waals surface area contributed by atoms with Gasteiger partial charge in [-0.2, -0.15) is 0 Å². The molecule has 1 rings (SSSR count). The molecule has 2 unspecified atom stereocenters. The molecule has 0 saturated heterocycles. The van der Waals surface area contributed by atoms with Crippen molar-refractivity contribution in [3.8, 4) is 5.75 Å². The van der Waals surface area contributed by atoms with Crippen molar-refractivity contribution < 1.29 is 4.74 Å². The first kappa shape index (κ1) is 15.0. The molecule has 0 aliphatic rings. The predicted molar refractivity (Wildman–Crippen MR) is 78.5 cm³/mol. The van der Waals surface area contributed by atoms with Crippen LogP contribution in [0, 0.1) is 6.92 Å². The zero-order chi connectivity index (χ0) is 13.7. The Bertz CT molecular complexity index is 373. The van der Waals surface area contributed by atoms with E-state index in [1.54, 1.807) is 0 Å². The second-order valence-corrected chi connectivity index (χ2v) is 5.53. The predicted octanol–water partition coefficient (Wildman–Crippen LogP) is 3.88. The molecule has 0 radical (unpaired) electrons. The van der Waals surface area contributed by atoms with Gasteiger partial charge in [-0.05, 0) is 63.4 Å². The van der Waals surface area contributed by atoms with Crippen LogP contribution in [-0.2, 0) is 0 Å². The Morgan fingerprint density at radius 1 is 1.17 bits per heavy atom. The number of benzene rings is 1. The number of ether oxygens (including phenoxy) is 1. The largest absolute Gasteiger partial charge is 0.491 e. The molecule has 2 nitrogen and oxygen atoms in total. The molecule has 0 saturated carbocycles. The third-order valence-corrected chi connectivity index (χ3v) is 3.38. The van der Waals surface area contributed by atoms with Gasteiger partial charge in [0.05, 0.1) is 6.10 Å². The molecule has 0 spiro atoms. The van der Waals surface area contributed by atoms with Crippen molar-refractivity contribution in [3.63, 3.8) is 0 Å². The average Bonchev–Trinajstić information content (AvgIpc) is 2.28. The number of hydrogen-bond acceptors (Lipinski definition) is 2. The number of rotatable bonds is 6. The van der Waals surface area contributed by atoms with Crippen molar-refractivity contribution in [2.24, 2.45) is 0 Å². The third-order valence-electron chi connectivity index (χ3n) is 3.38. The molecule has 2 heteroatoms. The number of hydrogen-bond donors (Lipinski definition) is 1. The molecular formula is C16H27NO. The maximum absolute atomic E-state index is 5.96. The topological polar surface area (TPSA) is 21.3 Å². The molecule has 0 aliphatic carbocycles. The minimum atomic E-state index is 0.233. The van der Waals surface area contributed by atoms with Crippen LogP contribution in [0.25, 0.3) is 0 Å². The average molecular weight is 249 g/mol. The van der Waals surface area contributed by atoms with Gasteiger partial charge in [0.15, 0.2) is 0 Å². The van der Waals surface area contributed by atoms with Gasteiger partial charge in [-0.15, -0.1) is 0 Å². The Hall–Kier alpha value is -1.02. The van der Waals surface area contributed by atoms with Crippen molar-refractivity contribution in [2.75, 3.05) is 7.05 Å². The highest BCUT2D eigenvalue weighted by atomic mass is 16.5. The molecule has 0 aromatic heterocycles. The lowest BCUT2D eigenvalue weighted by atomic mass is 9.98. The summed E-state index contributed by atoms with van der Waals surface area (Å²) < 4.78 is 5.96. The fourth-order valence-electron chi connectivity index (χ4n) is 2.27. The number of aryl methyl sites for hydroxylation is 1. The van der Waals surface area contributed by atoms with E-state index in [2.05, 4.69) is 58.1 Å². The van der Waals surface area contributed by atoms with Gasteiger partial charge in [-0.1, -0.05) is 19.9 Å². The lowest BCUT2D eigenvalue weighted by Gasteiger charge is -2.19. The van der Waals surface area contributed by atoms with Gasteiger partial charge in [0.1, 0.15) is 5.75 Å². The highest BCUT2D eigenvalue weighted by Gasteiger charge is 2.10. The van der Waals surface area contributed by atoms with E-state index in [9.17, 15) is 0 Å². The minimum Gasteiger partial charge on any atom is -0.491 e. The second kappa shape index (κ2) is 6.79. The third kappa shape index (κ3) is 4.34. The van der Waals surface area contributed by atoms with Gasteiger partial charge in [-0.25, -0.2) is 0 Å². The Kier molecular flexibility index (Phi) is 5.67. The lowest BCUT2D eigenvalue weighted by Crippen LogP contribution is -2.28. The van der Waals surface area contributed by atoms with Crippen molar-refractivity contribution in [1.82, 2.24) is 5.32 Å². The van der Waals surface area contributed by atoms with E-state index in [1.165, 1.54) is 11.1 Å². The van der Waals surface area contributed by atoms with Crippen molar-refractivity contribution in [2.45, 2.75) is 59.1 Å². The zero-order valence-electron chi connectivity index (χ0n) is 12.6.